The molecule has 0 aromatic heterocycles. The van der Waals surface area contributed by atoms with Gasteiger partial charge in [-0.1, -0.05) is 36.4 Å². The van der Waals surface area contributed by atoms with Crippen LogP contribution in [0.3, 0.4) is 0 Å². The molecule has 0 saturated carbocycles. The first-order valence-electron chi connectivity index (χ1n) is 8.03. The lowest BCUT2D eigenvalue weighted by molar-refractivity contribution is 0.174. The SMILES string of the molecule is CC1=NNC(O)C(C)=C1c1ccc(OCc2ccccc2)cc1C. The number of hydrogen-bond donors (Lipinski definition) is 2. The van der Waals surface area contributed by atoms with Crippen LogP contribution in [0.1, 0.15) is 30.5 Å². The number of aliphatic hydroxyl groups excluding tert-OH is 1. The summed E-state index contributed by atoms with van der Waals surface area (Å²) in [6.07, 6.45) is -0.739. The molecule has 2 aromatic rings. The molecule has 0 aliphatic carbocycles. The first kappa shape index (κ1) is 16.3. The predicted octanol–water partition coefficient (Wildman–Crippen LogP) is 3.65. The molecule has 2 aromatic carbocycles. The molecule has 0 saturated heterocycles. The summed E-state index contributed by atoms with van der Waals surface area (Å²) in [4.78, 5) is 0. The van der Waals surface area contributed by atoms with Crippen molar-refractivity contribution in [1.29, 1.82) is 0 Å². The molecule has 24 heavy (non-hydrogen) atoms. The van der Waals surface area contributed by atoms with Gasteiger partial charge in [0.1, 0.15) is 12.4 Å². The molecule has 0 amide bonds. The van der Waals surface area contributed by atoms with Gasteiger partial charge < -0.3 is 9.84 Å². The lowest BCUT2D eigenvalue weighted by atomic mass is 9.92. The number of ether oxygens (including phenoxy) is 1. The van der Waals surface area contributed by atoms with E-state index in [9.17, 15) is 5.11 Å². The monoisotopic (exact) mass is 322 g/mol. The Bertz CT molecular complexity index is 795. The number of benzene rings is 2. The maximum absolute atomic E-state index is 9.98. The summed E-state index contributed by atoms with van der Waals surface area (Å²) in [5.41, 5.74) is 8.77. The molecular formula is C20H22N2O2. The van der Waals surface area contributed by atoms with Gasteiger partial charge in [-0.25, -0.2) is 0 Å². The Hall–Kier alpha value is -2.59. The van der Waals surface area contributed by atoms with E-state index < -0.39 is 6.23 Å². The lowest BCUT2D eigenvalue weighted by Crippen LogP contribution is -2.31. The van der Waals surface area contributed by atoms with Crippen molar-refractivity contribution in [2.24, 2.45) is 5.10 Å². The van der Waals surface area contributed by atoms with Crippen molar-refractivity contribution in [2.45, 2.75) is 33.6 Å². The number of aryl methyl sites for hydroxylation is 1. The van der Waals surface area contributed by atoms with Gasteiger partial charge in [-0.15, -0.1) is 0 Å². The van der Waals surface area contributed by atoms with Crippen LogP contribution in [0.4, 0.5) is 0 Å². The summed E-state index contributed by atoms with van der Waals surface area (Å²) in [7, 11) is 0. The lowest BCUT2D eigenvalue weighted by Gasteiger charge is -2.23. The number of allylic oxidation sites excluding steroid dienone is 1. The highest BCUT2D eigenvalue weighted by atomic mass is 16.5. The molecule has 2 N–H and O–H groups in total. The Morgan fingerprint density at radius 1 is 1.08 bits per heavy atom. The first-order valence-corrected chi connectivity index (χ1v) is 8.03. The maximum Gasteiger partial charge on any atom is 0.162 e. The molecule has 4 heteroatoms. The van der Waals surface area contributed by atoms with Gasteiger partial charge in [-0.2, -0.15) is 5.10 Å². The third-order valence-electron chi connectivity index (χ3n) is 4.24. The third kappa shape index (κ3) is 3.34. The molecule has 0 spiro atoms. The van der Waals surface area contributed by atoms with E-state index in [-0.39, 0.29) is 0 Å². The molecule has 1 aliphatic heterocycles. The molecule has 1 unspecified atom stereocenters. The van der Waals surface area contributed by atoms with Crippen LogP contribution in [0.15, 0.2) is 59.2 Å². The van der Waals surface area contributed by atoms with E-state index in [1.807, 2.05) is 69.3 Å². The highest BCUT2D eigenvalue weighted by molar-refractivity contribution is 6.24. The quantitative estimate of drug-likeness (QED) is 0.903. The zero-order chi connectivity index (χ0) is 17.1. The van der Waals surface area contributed by atoms with Crippen LogP contribution in [-0.4, -0.2) is 17.0 Å². The first-order chi connectivity index (χ1) is 11.6. The molecule has 0 bridgehead atoms. The number of nitrogens with one attached hydrogen (secondary N) is 1. The Labute approximate surface area is 142 Å². The van der Waals surface area contributed by atoms with Gasteiger partial charge in [-0.3, -0.25) is 5.43 Å². The van der Waals surface area contributed by atoms with Crippen molar-refractivity contribution < 1.29 is 9.84 Å². The van der Waals surface area contributed by atoms with E-state index in [0.29, 0.717) is 6.61 Å². The fourth-order valence-corrected chi connectivity index (χ4v) is 2.89. The fraction of sp³-hybridized carbons (Fsp3) is 0.250. The summed E-state index contributed by atoms with van der Waals surface area (Å²) in [5.74, 6) is 0.836. The predicted molar refractivity (Wildman–Crippen MR) is 96.8 cm³/mol. The Kier molecular flexibility index (Phi) is 4.67. The van der Waals surface area contributed by atoms with Gasteiger partial charge in [-0.05, 0) is 55.2 Å². The van der Waals surface area contributed by atoms with Crippen LogP contribution in [-0.2, 0) is 6.61 Å². The van der Waals surface area contributed by atoms with E-state index in [1.165, 1.54) is 0 Å². The molecule has 1 heterocycles. The second kappa shape index (κ2) is 6.89. The van der Waals surface area contributed by atoms with Gasteiger partial charge in [0.15, 0.2) is 6.23 Å². The van der Waals surface area contributed by atoms with Crippen LogP contribution in [0, 0.1) is 6.92 Å². The van der Waals surface area contributed by atoms with Crippen LogP contribution < -0.4 is 10.2 Å². The summed E-state index contributed by atoms with van der Waals surface area (Å²) in [5, 5.41) is 14.2. The molecule has 124 valence electrons. The van der Waals surface area contributed by atoms with Crippen molar-refractivity contribution in [2.75, 3.05) is 0 Å². The summed E-state index contributed by atoms with van der Waals surface area (Å²) in [6.45, 7) is 6.46. The number of hydrogen-bond acceptors (Lipinski definition) is 4. The summed E-state index contributed by atoms with van der Waals surface area (Å²) >= 11 is 0. The maximum atomic E-state index is 9.98. The van der Waals surface area contributed by atoms with Crippen molar-refractivity contribution in [1.82, 2.24) is 5.43 Å². The Morgan fingerprint density at radius 3 is 2.54 bits per heavy atom. The smallest absolute Gasteiger partial charge is 0.162 e. The van der Waals surface area contributed by atoms with E-state index >= 15 is 0 Å². The molecule has 0 radical (unpaired) electrons. The highest BCUT2D eigenvalue weighted by Gasteiger charge is 2.21. The second-order valence-corrected chi connectivity index (χ2v) is 6.04. The highest BCUT2D eigenvalue weighted by Crippen LogP contribution is 2.29. The van der Waals surface area contributed by atoms with Crippen molar-refractivity contribution in [3.63, 3.8) is 0 Å². The number of aliphatic hydroxyl groups is 1. The fourth-order valence-electron chi connectivity index (χ4n) is 2.89. The standard InChI is InChI=1S/C20H22N2O2/c1-13-11-17(24-12-16-7-5-4-6-8-16)9-10-18(13)19-14(2)20(23)22-21-15(19)3/h4-11,20,22-23H,12H2,1-3H3. The van der Waals surface area contributed by atoms with Crippen LogP contribution >= 0.6 is 0 Å². The van der Waals surface area contributed by atoms with E-state index in [2.05, 4.69) is 10.5 Å². The number of hydrazone groups is 1. The zero-order valence-electron chi connectivity index (χ0n) is 14.2. The van der Waals surface area contributed by atoms with Gasteiger partial charge in [0.25, 0.3) is 0 Å². The van der Waals surface area contributed by atoms with Gasteiger partial charge in [0.05, 0.1) is 5.71 Å². The van der Waals surface area contributed by atoms with E-state index in [4.69, 9.17) is 4.74 Å². The number of nitrogens with zero attached hydrogens (tertiary/aromatic N) is 1. The van der Waals surface area contributed by atoms with Gasteiger partial charge in [0, 0.05) is 5.57 Å². The van der Waals surface area contributed by atoms with Crippen LogP contribution in [0.25, 0.3) is 5.57 Å². The van der Waals surface area contributed by atoms with E-state index in [0.717, 1.165) is 39.3 Å². The Morgan fingerprint density at radius 2 is 1.83 bits per heavy atom. The minimum absolute atomic E-state index is 0.546. The molecule has 0 fully saturated rings. The van der Waals surface area contributed by atoms with Gasteiger partial charge in [0.2, 0.25) is 0 Å². The summed E-state index contributed by atoms with van der Waals surface area (Å²) in [6, 6.07) is 16.1. The molecule has 1 aliphatic rings. The minimum atomic E-state index is -0.739. The Balaban J connectivity index is 1.83. The van der Waals surface area contributed by atoms with Crippen LogP contribution in [0.5, 0.6) is 5.75 Å². The largest absolute Gasteiger partial charge is 0.489 e. The topological polar surface area (TPSA) is 53.9 Å². The van der Waals surface area contributed by atoms with E-state index in [1.54, 1.807) is 0 Å². The van der Waals surface area contributed by atoms with Crippen molar-refractivity contribution in [3.8, 4) is 5.75 Å². The second-order valence-electron chi connectivity index (χ2n) is 6.04. The average Bonchev–Trinajstić information content (AvgIpc) is 2.59. The third-order valence-corrected chi connectivity index (χ3v) is 4.24. The normalized spacial score (nSPS) is 17.3. The van der Waals surface area contributed by atoms with Gasteiger partial charge >= 0.3 is 0 Å². The van der Waals surface area contributed by atoms with Crippen molar-refractivity contribution in [3.05, 3.63) is 70.8 Å². The molecule has 4 nitrogen and oxygen atoms in total. The van der Waals surface area contributed by atoms with Crippen LogP contribution in [0.2, 0.25) is 0 Å². The average molecular weight is 322 g/mol. The van der Waals surface area contributed by atoms with Crippen molar-refractivity contribution >= 4 is 11.3 Å². The molecular weight excluding hydrogens is 300 g/mol. The number of rotatable bonds is 4. The minimum Gasteiger partial charge on any atom is -0.489 e. The zero-order valence-corrected chi connectivity index (χ0v) is 14.2. The molecule has 3 rings (SSSR count). The summed E-state index contributed by atoms with van der Waals surface area (Å²) < 4.78 is 5.88. The molecule has 1 atom stereocenters.